The van der Waals surface area contributed by atoms with Crippen molar-refractivity contribution in [3.63, 3.8) is 0 Å². The van der Waals surface area contributed by atoms with Crippen molar-refractivity contribution in [2.24, 2.45) is 5.92 Å². The minimum absolute atomic E-state index is 0.0950. The van der Waals surface area contributed by atoms with Gasteiger partial charge in [-0.25, -0.2) is 0 Å². The van der Waals surface area contributed by atoms with Crippen molar-refractivity contribution < 1.29 is 9.53 Å². The molecule has 1 unspecified atom stereocenters. The van der Waals surface area contributed by atoms with Crippen LogP contribution in [0.3, 0.4) is 0 Å². The van der Waals surface area contributed by atoms with Crippen LogP contribution in [0.5, 0.6) is 0 Å². The molecule has 0 bridgehead atoms. The number of hydrogen-bond donors (Lipinski definition) is 0. The Balaban J connectivity index is 3.09. The molecule has 0 spiro atoms. The van der Waals surface area contributed by atoms with Gasteiger partial charge in [-0.1, -0.05) is 39.5 Å². The second kappa shape index (κ2) is 9.04. The van der Waals surface area contributed by atoms with E-state index in [4.69, 9.17) is 4.74 Å². The Morgan fingerprint density at radius 1 is 1.00 bits per heavy atom. The third-order valence-corrected chi connectivity index (χ3v) is 2.43. The summed E-state index contributed by atoms with van der Waals surface area (Å²) in [6, 6.07) is 0. The first-order valence-electron chi connectivity index (χ1n) is 5.76. The lowest BCUT2D eigenvalue weighted by Gasteiger charge is -2.08. The first-order chi connectivity index (χ1) is 6.66. The second-order valence-corrected chi connectivity index (χ2v) is 4.43. The van der Waals surface area contributed by atoms with Crippen LogP contribution in [0.25, 0.3) is 0 Å². The molecule has 0 aromatic rings. The molecule has 0 saturated heterocycles. The first-order valence-corrected chi connectivity index (χ1v) is 5.76. The number of ether oxygens (including phenoxy) is 1. The normalized spacial score (nSPS) is 12.9. The smallest absolute Gasteiger partial charge is 0.293 e. The average Bonchev–Trinajstić information content (AvgIpc) is 2.11. The van der Waals surface area contributed by atoms with Crippen molar-refractivity contribution in [3.05, 3.63) is 0 Å². The van der Waals surface area contributed by atoms with Gasteiger partial charge in [-0.2, -0.15) is 0 Å². The maximum atomic E-state index is 10.0. The molecule has 0 aliphatic carbocycles. The summed E-state index contributed by atoms with van der Waals surface area (Å²) < 4.78 is 4.81. The monoisotopic (exact) mass is 200 g/mol. The zero-order valence-electron chi connectivity index (χ0n) is 9.79. The summed E-state index contributed by atoms with van der Waals surface area (Å²) in [7, 11) is 0. The van der Waals surface area contributed by atoms with Gasteiger partial charge >= 0.3 is 0 Å². The van der Waals surface area contributed by atoms with Crippen LogP contribution in [-0.4, -0.2) is 12.6 Å². The van der Waals surface area contributed by atoms with Gasteiger partial charge in [0, 0.05) is 0 Å². The largest absolute Gasteiger partial charge is 0.465 e. The van der Waals surface area contributed by atoms with Crippen LogP contribution in [0.4, 0.5) is 0 Å². The van der Waals surface area contributed by atoms with Gasteiger partial charge in [0.05, 0.1) is 6.10 Å². The molecule has 2 heteroatoms. The Kier molecular flexibility index (Phi) is 8.70. The third-order valence-electron chi connectivity index (χ3n) is 2.43. The quantitative estimate of drug-likeness (QED) is 0.420. The summed E-state index contributed by atoms with van der Waals surface area (Å²) >= 11 is 0. The summed E-state index contributed by atoms with van der Waals surface area (Å²) in [6.45, 7) is 7.02. The molecule has 14 heavy (non-hydrogen) atoms. The molecule has 1 atom stereocenters. The Bertz CT molecular complexity index is 132. The molecular weight excluding hydrogens is 176 g/mol. The summed E-state index contributed by atoms with van der Waals surface area (Å²) in [6.07, 6.45) is 7.51. The van der Waals surface area contributed by atoms with E-state index in [1.54, 1.807) is 0 Å². The highest BCUT2D eigenvalue weighted by molar-refractivity contribution is 5.37. The van der Waals surface area contributed by atoms with Crippen LogP contribution < -0.4 is 0 Å². The Hall–Kier alpha value is -0.530. The van der Waals surface area contributed by atoms with Gasteiger partial charge in [0.1, 0.15) is 0 Å². The molecule has 0 heterocycles. The number of rotatable bonds is 9. The number of unbranched alkanes of at least 4 members (excludes halogenated alkanes) is 3. The summed E-state index contributed by atoms with van der Waals surface area (Å²) in [5.74, 6) is 0.826. The molecule has 0 aliphatic heterocycles. The number of carbonyl (C=O) groups is 1. The third kappa shape index (κ3) is 9.56. The molecule has 84 valence electrons. The highest BCUT2D eigenvalue weighted by Gasteiger charge is 2.00. The zero-order valence-corrected chi connectivity index (χ0v) is 9.79. The predicted octanol–water partition coefficient (Wildman–Crippen LogP) is 3.54. The van der Waals surface area contributed by atoms with Gasteiger partial charge in [0.15, 0.2) is 0 Å². The Morgan fingerprint density at radius 3 is 2.07 bits per heavy atom. The molecule has 0 saturated carbocycles. The van der Waals surface area contributed by atoms with E-state index in [0.717, 1.165) is 12.3 Å². The molecule has 0 rings (SSSR count). The van der Waals surface area contributed by atoms with E-state index in [1.807, 2.05) is 6.92 Å². The van der Waals surface area contributed by atoms with Crippen molar-refractivity contribution >= 4 is 6.47 Å². The fourth-order valence-corrected chi connectivity index (χ4v) is 1.50. The van der Waals surface area contributed by atoms with Gasteiger partial charge < -0.3 is 4.74 Å². The van der Waals surface area contributed by atoms with Crippen LogP contribution in [0.15, 0.2) is 0 Å². The van der Waals surface area contributed by atoms with Gasteiger partial charge in [0.2, 0.25) is 0 Å². The van der Waals surface area contributed by atoms with Gasteiger partial charge in [-0.3, -0.25) is 4.79 Å². The highest BCUT2D eigenvalue weighted by atomic mass is 16.5. The molecule has 0 fully saturated rings. The fraction of sp³-hybridized carbons (Fsp3) is 0.917. The van der Waals surface area contributed by atoms with Gasteiger partial charge in [-0.05, 0) is 25.7 Å². The molecule has 2 nitrogen and oxygen atoms in total. The van der Waals surface area contributed by atoms with Crippen LogP contribution in [0.1, 0.15) is 59.3 Å². The predicted molar refractivity (Wildman–Crippen MR) is 59.2 cm³/mol. The standard InChI is InChI=1S/C12H24O2/c1-11(2)8-6-4-5-7-9-12(3)14-10-13/h10-12H,4-9H2,1-3H3. The lowest BCUT2D eigenvalue weighted by molar-refractivity contribution is -0.133. The molecule has 0 aromatic carbocycles. The molecule has 0 amide bonds. The minimum Gasteiger partial charge on any atom is -0.465 e. The second-order valence-electron chi connectivity index (χ2n) is 4.43. The fourth-order valence-electron chi connectivity index (χ4n) is 1.50. The van der Waals surface area contributed by atoms with E-state index in [0.29, 0.717) is 6.47 Å². The van der Waals surface area contributed by atoms with E-state index in [2.05, 4.69) is 13.8 Å². The average molecular weight is 200 g/mol. The van der Waals surface area contributed by atoms with E-state index >= 15 is 0 Å². The van der Waals surface area contributed by atoms with Crippen LogP contribution >= 0.6 is 0 Å². The maximum Gasteiger partial charge on any atom is 0.293 e. The van der Waals surface area contributed by atoms with Gasteiger partial charge in [0.25, 0.3) is 6.47 Å². The Morgan fingerprint density at radius 2 is 1.57 bits per heavy atom. The lowest BCUT2D eigenvalue weighted by Crippen LogP contribution is -2.05. The van der Waals surface area contributed by atoms with Crippen LogP contribution in [-0.2, 0) is 9.53 Å². The minimum atomic E-state index is 0.0950. The van der Waals surface area contributed by atoms with Gasteiger partial charge in [-0.15, -0.1) is 0 Å². The van der Waals surface area contributed by atoms with Crippen molar-refractivity contribution in [2.45, 2.75) is 65.4 Å². The van der Waals surface area contributed by atoms with Crippen molar-refractivity contribution in [3.8, 4) is 0 Å². The molecule has 0 radical (unpaired) electrons. The van der Waals surface area contributed by atoms with E-state index in [9.17, 15) is 4.79 Å². The highest BCUT2D eigenvalue weighted by Crippen LogP contribution is 2.11. The SMILES string of the molecule is CC(C)CCCCCCC(C)OC=O. The molecular formula is C12H24O2. The Labute approximate surface area is 88.0 Å². The van der Waals surface area contributed by atoms with Crippen LogP contribution in [0.2, 0.25) is 0 Å². The topological polar surface area (TPSA) is 26.3 Å². The van der Waals surface area contributed by atoms with Crippen molar-refractivity contribution in [2.75, 3.05) is 0 Å². The molecule has 0 aromatic heterocycles. The van der Waals surface area contributed by atoms with Crippen molar-refractivity contribution in [1.29, 1.82) is 0 Å². The van der Waals surface area contributed by atoms with Crippen molar-refractivity contribution in [1.82, 2.24) is 0 Å². The zero-order chi connectivity index (χ0) is 10.8. The summed E-state index contributed by atoms with van der Waals surface area (Å²) in [5, 5.41) is 0. The maximum absolute atomic E-state index is 10.0. The number of hydrogen-bond acceptors (Lipinski definition) is 2. The summed E-state index contributed by atoms with van der Waals surface area (Å²) in [4.78, 5) is 10.0. The molecule has 0 aliphatic rings. The van der Waals surface area contributed by atoms with E-state index in [-0.39, 0.29) is 6.10 Å². The van der Waals surface area contributed by atoms with Crippen LogP contribution in [0, 0.1) is 5.92 Å². The first kappa shape index (κ1) is 13.5. The van der Waals surface area contributed by atoms with E-state index in [1.165, 1.54) is 32.1 Å². The number of carbonyl (C=O) groups excluding carboxylic acids is 1. The lowest BCUT2D eigenvalue weighted by atomic mass is 10.0. The molecule has 0 N–H and O–H groups in total. The summed E-state index contributed by atoms with van der Waals surface area (Å²) in [5.41, 5.74) is 0. The van der Waals surface area contributed by atoms with E-state index < -0.39 is 0 Å².